The van der Waals surface area contributed by atoms with Gasteiger partial charge in [-0.25, -0.2) is 4.79 Å². The van der Waals surface area contributed by atoms with E-state index in [-0.39, 0.29) is 19.2 Å². The number of hydrogen-bond acceptors (Lipinski definition) is 3. The highest BCUT2D eigenvalue weighted by atomic mass is 16.5. The summed E-state index contributed by atoms with van der Waals surface area (Å²) in [6.45, 7) is 7.23. The molecule has 2 aromatic rings. The molecule has 0 heterocycles. The fourth-order valence-corrected chi connectivity index (χ4v) is 2.84. The minimum Gasteiger partial charge on any atom is -0.491 e. The van der Waals surface area contributed by atoms with E-state index in [1.165, 1.54) is 16.7 Å². The molecule has 0 fully saturated rings. The van der Waals surface area contributed by atoms with Gasteiger partial charge in [-0.05, 0) is 43.5 Å². The van der Waals surface area contributed by atoms with E-state index < -0.39 is 0 Å². The summed E-state index contributed by atoms with van der Waals surface area (Å²) in [6.07, 6.45) is 0. The summed E-state index contributed by atoms with van der Waals surface area (Å²) in [5, 5.41) is 14.6. The van der Waals surface area contributed by atoms with Crippen LogP contribution < -0.4 is 15.4 Å². The van der Waals surface area contributed by atoms with Crippen molar-refractivity contribution < 1.29 is 14.6 Å². The van der Waals surface area contributed by atoms with Crippen molar-refractivity contribution in [1.82, 2.24) is 10.6 Å². The fraction of sp³-hybridized carbons (Fsp3) is 0.350. The molecule has 0 saturated carbocycles. The lowest BCUT2D eigenvalue weighted by molar-refractivity contribution is 0.200. The first-order valence-corrected chi connectivity index (χ1v) is 8.41. The van der Waals surface area contributed by atoms with E-state index >= 15 is 0 Å². The van der Waals surface area contributed by atoms with Crippen molar-refractivity contribution in [3.05, 3.63) is 64.2 Å². The Morgan fingerprint density at radius 3 is 2.36 bits per heavy atom. The summed E-state index contributed by atoms with van der Waals surface area (Å²) in [5.41, 5.74) is 5.60. The summed E-state index contributed by atoms with van der Waals surface area (Å²) in [5.74, 6) is 0.669. The predicted octanol–water partition coefficient (Wildman–Crippen LogP) is 2.98. The summed E-state index contributed by atoms with van der Waals surface area (Å²) in [7, 11) is 0. The molecule has 5 nitrogen and oxygen atoms in total. The number of rotatable bonds is 7. The number of para-hydroxylation sites is 1. The Kier molecular flexibility index (Phi) is 6.83. The Morgan fingerprint density at radius 1 is 1.04 bits per heavy atom. The Bertz CT molecular complexity index is 706. The maximum absolute atomic E-state index is 12.1. The highest BCUT2D eigenvalue weighted by Crippen LogP contribution is 2.18. The van der Waals surface area contributed by atoms with Crippen LogP contribution in [0.3, 0.4) is 0 Å². The Labute approximate surface area is 149 Å². The van der Waals surface area contributed by atoms with Crippen LogP contribution in [0.2, 0.25) is 0 Å². The number of aryl methyl sites for hydroxylation is 3. The van der Waals surface area contributed by atoms with Crippen LogP contribution in [0.5, 0.6) is 5.75 Å². The molecule has 3 N–H and O–H groups in total. The Balaban J connectivity index is 1.90. The molecule has 0 aliphatic rings. The molecule has 0 radical (unpaired) electrons. The molecule has 0 bridgehead atoms. The number of benzene rings is 2. The van der Waals surface area contributed by atoms with E-state index in [0.29, 0.717) is 18.8 Å². The first-order chi connectivity index (χ1) is 12.0. The lowest BCUT2D eigenvalue weighted by Crippen LogP contribution is -2.35. The second-order valence-electron chi connectivity index (χ2n) is 6.09. The van der Waals surface area contributed by atoms with E-state index in [2.05, 4.69) is 43.5 Å². The van der Waals surface area contributed by atoms with Crippen molar-refractivity contribution in [2.75, 3.05) is 13.2 Å². The highest BCUT2D eigenvalue weighted by molar-refractivity contribution is 5.74. The van der Waals surface area contributed by atoms with Gasteiger partial charge in [-0.1, -0.05) is 35.9 Å². The van der Waals surface area contributed by atoms with Crippen LogP contribution in [0, 0.1) is 20.8 Å². The number of carbonyl (C=O) groups excluding carboxylic acids is 1. The number of hydrogen-bond donors (Lipinski definition) is 3. The quantitative estimate of drug-likeness (QED) is 0.724. The Hall–Kier alpha value is -2.53. The number of aliphatic hydroxyl groups is 1. The fourth-order valence-electron chi connectivity index (χ4n) is 2.84. The summed E-state index contributed by atoms with van der Waals surface area (Å²) < 4.78 is 5.47. The molecule has 2 rings (SSSR count). The van der Waals surface area contributed by atoms with Crippen LogP contribution in [0.1, 0.15) is 27.8 Å². The van der Waals surface area contributed by atoms with Gasteiger partial charge in [-0.3, -0.25) is 0 Å². The minimum absolute atomic E-state index is 0.0441. The third kappa shape index (κ3) is 5.50. The molecular formula is C20H26N2O3. The molecule has 0 spiro atoms. The lowest BCUT2D eigenvalue weighted by Gasteiger charge is -2.14. The molecule has 5 heteroatoms. The SMILES string of the molecule is Cc1cc(C)c(CNC(=O)NCc2ccccc2OCCO)c(C)c1. The number of urea groups is 1. The van der Waals surface area contributed by atoms with Gasteiger partial charge >= 0.3 is 6.03 Å². The second-order valence-corrected chi connectivity index (χ2v) is 6.09. The third-order valence-corrected chi connectivity index (χ3v) is 4.03. The number of amides is 2. The Morgan fingerprint density at radius 2 is 1.68 bits per heavy atom. The molecule has 2 aromatic carbocycles. The van der Waals surface area contributed by atoms with Crippen molar-refractivity contribution in [2.45, 2.75) is 33.9 Å². The molecule has 25 heavy (non-hydrogen) atoms. The van der Waals surface area contributed by atoms with Gasteiger partial charge in [0.05, 0.1) is 6.61 Å². The van der Waals surface area contributed by atoms with Gasteiger partial charge in [0, 0.05) is 18.7 Å². The summed E-state index contributed by atoms with van der Waals surface area (Å²) in [4.78, 5) is 12.1. The zero-order chi connectivity index (χ0) is 18.2. The van der Waals surface area contributed by atoms with Gasteiger partial charge in [-0.2, -0.15) is 0 Å². The van der Waals surface area contributed by atoms with Gasteiger partial charge in [0.1, 0.15) is 12.4 Å². The molecule has 134 valence electrons. The van der Waals surface area contributed by atoms with Gasteiger partial charge in [0.2, 0.25) is 0 Å². The first-order valence-electron chi connectivity index (χ1n) is 8.41. The molecule has 0 unspecified atom stereocenters. The van der Waals surface area contributed by atoms with E-state index in [4.69, 9.17) is 9.84 Å². The van der Waals surface area contributed by atoms with Crippen molar-refractivity contribution in [2.24, 2.45) is 0 Å². The maximum atomic E-state index is 12.1. The number of ether oxygens (including phenoxy) is 1. The topological polar surface area (TPSA) is 70.6 Å². The zero-order valence-electron chi connectivity index (χ0n) is 15.1. The van der Waals surface area contributed by atoms with Crippen LogP contribution in [0.4, 0.5) is 4.79 Å². The molecule has 0 aliphatic carbocycles. The molecule has 0 aliphatic heterocycles. The van der Waals surface area contributed by atoms with Crippen LogP contribution in [0.15, 0.2) is 36.4 Å². The smallest absolute Gasteiger partial charge is 0.315 e. The second kappa shape index (κ2) is 9.08. The number of nitrogens with one attached hydrogen (secondary N) is 2. The van der Waals surface area contributed by atoms with E-state index in [0.717, 1.165) is 11.1 Å². The predicted molar refractivity (Wildman–Crippen MR) is 98.8 cm³/mol. The standard InChI is InChI=1S/C20H26N2O3/c1-14-10-15(2)18(16(3)11-14)13-22-20(24)21-12-17-6-4-5-7-19(17)25-9-8-23/h4-7,10-11,23H,8-9,12-13H2,1-3H3,(H2,21,22,24). The van der Waals surface area contributed by atoms with Gasteiger partial charge in [-0.15, -0.1) is 0 Å². The molecular weight excluding hydrogens is 316 g/mol. The summed E-state index contributed by atoms with van der Waals surface area (Å²) >= 11 is 0. The summed E-state index contributed by atoms with van der Waals surface area (Å²) in [6, 6.07) is 11.5. The van der Waals surface area contributed by atoms with Crippen LogP contribution in [0.25, 0.3) is 0 Å². The van der Waals surface area contributed by atoms with Crippen LogP contribution in [-0.2, 0) is 13.1 Å². The largest absolute Gasteiger partial charge is 0.491 e. The molecule has 0 atom stereocenters. The average Bonchev–Trinajstić information content (AvgIpc) is 2.57. The van der Waals surface area contributed by atoms with E-state index in [1.807, 2.05) is 24.3 Å². The number of aliphatic hydroxyl groups excluding tert-OH is 1. The van der Waals surface area contributed by atoms with Crippen molar-refractivity contribution >= 4 is 6.03 Å². The normalized spacial score (nSPS) is 10.4. The van der Waals surface area contributed by atoms with Gasteiger partial charge in [0.25, 0.3) is 0 Å². The number of carbonyl (C=O) groups is 1. The molecule has 0 aromatic heterocycles. The van der Waals surface area contributed by atoms with Crippen molar-refractivity contribution in [3.63, 3.8) is 0 Å². The zero-order valence-corrected chi connectivity index (χ0v) is 15.1. The molecule has 2 amide bonds. The highest BCUT2D eigenvalue weighted by Gasteiger charge is 2.08. The van der Waals surface area contributed by atoms with Crippen molar-refractivity contribution in [3.8, 4) is 5.75 Å². The maximum Gasteiger partial charge on any atom is 0.315 e. The van der Waals surface area contributed by atoms with Crippen LogP contribution in [-0.4, -0.2) is 24.4 Å². The van der Waals surface area contributed by atoms with E-state index in [1.54, 1.807) is 0 Å². The third-order valence-electron chi connectivity index (χ3n) is 4.03. The van der Waals surface area contributed by atoms with E-state index in [9.17, 15) is 4.79 Å². The van der Waals surface area contributed by atoms with Gasteiger partial charge in [0.15, 0.2) is 0 Å². The van der Waals surface area contributed by atoms with Crippen LogP contribution >= 0.6 is 0 Å². The average molecular weight is 342 g/mol. The monoisotopic (exact) mass is 342 g/mol. The first kappa shape index (κ1) is 18.8. The van der Waals surface area contributed by atoms with Gasteiger partial charge < -0.3 is 20.5 Å². The molecule has 0 saturated heterocycles. The van der Waals surface area contributed by atoms with Crippen molar-refractivity contribution in [1.29, 1.82) is 0 Å². The lowest BCUT2D eigenvalue weighted by atomic mass is 10.00. The minimum atomic E-state index is -0.226.